The Bertz CT molecular complexity index is 684. The molecule has 6 heteroatoms. The van der Waals surface area contributed by atoms with E-state index >= 15 is 0 Å². The Kier molecular flexibility index (Phi) is 3.67. The van der Waals surface area contributed by atoms with Crippen molar-refractivity contribution in [3.63, 3.8) is 0 Å². The van der Waals surface area contributed by atoms with Crippen LogP contribution < -0.4 is 5.32 Å². The number of aromatic nitrogens is 2. The minimum atomic E-state index is -0.274. The monoisotopic (exact) mass is 318 g/mol. The predicted octanol–water partition coefficient (Wildman–Crippen LogP) is 2.62. The minimum absolute atomic E-state index is 0.274. The third-order valence-corrected chi connectivity index (χ3v) is 3.32. The van der Waals surface area contributed by atoms with Gasteiger partial charge in [-0.1, -0.05) is 15.9 Å². The van der Waals surface area contributed by atoms with Crippen LogP contribution in [0.15, 0.2) is 28.9 Å². The third kappa shape index (κ3) is 2.66. The summed E-state index contributed by atoms with van der Waals surface area (Å²) >= 11 is 3.29. The van der Waals surface area contributed by atoms with Crippen LogP contribution in [-0.2, 0) is 7.05 Å². The topological polar surface area (TPSA) is 70.7 Å². The molecule has 0 aliphatic rings. The molecule has 0 spiro atoms. The number of hydrogen-bond donors (Lipinski definition) is 1. The zero-order chi connectivity index (χ0) is 14.0. The molecular weight excluding hydrogens is 308 g/mol. The number of benzene rings is 1. The van der Waals surface area contributed by atoms with E-state index in [4.69, 9.17) is 5.26 Å². The Morgan fingerprint density at radius 3 is 2.84 bits per heavy atom. The van der Waals surface area contributed by atoms with E-state index in [9.17, 15) is 4.79 Å². The Morgan fingerprint density at radius 2 is 2.26 bits per heavy atom. The number of amides is 1. The fourth-order valence-corrected chi connectivity index (χ4v) is 1.99. The number of halogens is 1. The fraction of sp³-hybridized carbons (Fsp3) is 0.154. The first-order valence-electron chi connectivity index (χ1n) is 5.52. The first-order valence-corrected chi connectivity index (χ1v) is 6.32. The lowest BCUT2D eigenvalue weighted by molar-refractivity contribution is 0.102. The first kappa shape index (κ1) is 13.3. The molecule has 0 unspecified atom stereocenters. The maximum absolute atomic E-state index is 12.1. The largest absolute Gasteiger partial charge is 0.321 e. The molecule has 1 aromatic carbocycles. The number of anilines is 1. The van der Waals surface area contributed by atoms with Gasteiger partial charge in [-0.2, -0.15) is 10.4 Å². The Labute approximate surface area is 119 Å². The number of nitrogens with one attached hydrogen (secondary N) is 1. The van der Waals surface area contributed by atoms with E-state index in [-0.39, 0.29) is 5.91 Å². The van der Waals surface area contributed by atoms with Crippen LogP contribution in [0.4, 0.5) is 5.69 Å². The second-order valence-corrected chi connectivity index (χ2v) is 4.94. The smallest absolute Gasteiger partial charge is 0.259 e. The van der Waals surface area contributed by atoms with Crippen LogP contribution in [0.5, 0.6) is 0 Å². The summed E-state index contributed by atoms with van der Waals surface area (Å²) in [5.41, 5.74) is 2.16. The van der Waals surface area contributed by atoms with Gasteiger partial charge in [0.2, 0.25) is 0 Å². The second kappa shape index (κ2) is 5.24. The highest BCUT2D eigenvalue weighted by atomic mass is 79.9. The van der Waals surface area contributed by atoms with Crippen LogP contribution in [0, 0.1) is 18.3 Å². The average Bonchev–Trinajstić information content (AvgIpc) is 2.72. The van der Waals surface area contributed by atoms with Gasteiger partial charge in [0.15, 0.2) is 0 Å². The summed E-state index contributed by atoms with van der Waals surface area (Å²) in [5.74, 6) is -0.274. The van der Waals surface area contributed by atoms with Crippen LogP contribution in [0.25, 0.3) is 0 Å². The molecule has 96 valence electrons. The summed E-state index contributed by atoms with van der Waals surface area (Å²) in [5, 5.41) is 15.8. The summed E-state index contributed by atoms with van der Waals surface area (Å²) < 4.78 is 2.42. The van der Waals surface area contributed by atoms with E-state index in [1.54, 1.807) is 29.9 Å². The molecule has 1 heterocycles. The second-order valence-electron chi connectivity index (χ2n) is 4.02. The molecule has 0 saturated carbocycles. The zero-order valence-electron chi connectivity index (χ0n) is 10.4. The highest BCUT2D eigenvalue weighted by Crippen LogP contribution is 2.21. The Morgan fingerprint density at radius 1 is 1.53 bits per heavy atom. The molecule has 1 N–H and O–H groups in total. The van der Waals surface area contributed by atoms with Crippen molar-refractivity contribution in [2.75, 3.05) is 5.32 Å². The van der Waals surface area contributed by atoms with Crippen LogP contribution >= 0.6 is 15.9 Å². The van der Waals surface area contributed by atoms with Gasteiger partial charge in [-0.3, -0.25) is 9.48 Å². The molecule has 0 radical (unpaired) electrons. The van der Waals surface area contributed by atoms with Gasteiger partial charge in [0.05, 0.1) is 23.0 Å². The van der Waals surface area contributed by atoms with Gasteiger partial charge in [-0.25, -0.2) is 0 Å². The van der Waals surface area contributed by atoms with E-state index in [2.05, 4.69) is 26.3 Å². The van der Waals surface area contributed by atoms with Crippen molar-refractivity contribution in [3.05, 3.63) is 45.7 Å². The maximum Gasteiger partial charge on any atom is 0.259 e. The molecule has 0 saturated heterocycles. The van der Waals surface area contributed by atoms with Crippen LogP contribution in [0.2, 0.25) is 0 Å². The van der Waals surface area contributed by atoms with Gasteiger partial charge >= 0.3 is 0 Å². The number of carbonyl (C=O) groups is 1. The van der Waals surface area contributed by atoms with Crippen molar-refractivity contribution < 1.29 is 4.79 Å². The fourth-order valence-electron chi connectivity index (χ4n) is 1.63. The van der Waals surface area contributed by atoms with Gasteiger partial charge < -0.3 is 5.32 Å². The molecule has 2 rings (SSSR count). The number of rotatable bonds is 2. The Balaban J connectivity index is 2.30. The van der Waals surface area contributed by atoms with Gasteiger partial charge in [0, 0.05) is 17.2 Å². The minimum Gasteiger partial charge on any atom is -0.321 e. The summed E-state index contributed by atoms with van der Waals surface area (Å²) in [7, 11) is 1.77. The maximum atomic E-state index is 12.1. The summed E-state index contributed by atoms with van der Waals surface area (Å²) in [6.07, 6.45) is 1.51. The number of aryl methyl sites for hydroxylation is 1. The van der Waals surface area contributed by atoms with Crippen molar-refractivity contribution >= 4 is 27.5 Å². The van der Waals surface area contributed by atoms with E-state index in [1.807, 2.05) is 13.0 Å². The van der Waals surface area contributed by atoms with Crippen LogP contribution in [0.3, 0.4) is 0 Å². The summed E-state index contributed by atoms with van der Waals surface area (Å²) in [4.78, 5) is 12.1. The number of nitriles is 1. The molecule has 0 aliphatic carbocycles. The quantitative estimate of drug-likeness (QED) is 0.925. The van der Waals surface area contributed by atoms with E-state index in [0.717, 1.165) is 10.2 Å². The van der Waals surface area contributed by atoms with Crippen molar-refractivity contribution in [2.45, 2.75) is 6.92 Å². The SMILES string of the molecule is Cc1c(C(=O)Nc2ccc(Br)cc2C#N)cnn1C. The molecule has 19 heavy (non-hydrogen) atoms. The van der Waals surface area contributed by atoms with Gasteiger partial charge in [-0.15, -0.1) is 0 Å². The Hall–Kier alpha value is -2.13. The zero-order valence-corrected chi connectivity index (χ0v) is 12.0. The van der Waals surface area contributed by atoms with Crippen molar-refractivity contribution in [3.8, 4) is 6.07 Å². The summed E-state index contributed by atoms with van der Waals surface area (Å²) in [6, 6.07) is 7.16. The number of carbonyl (C=O) groups excluding carboxylic acids is 1. The predicted molar refractivity (Wildman–Crippen MR) is 74.8 cm³/mol. The lowest BCUT2D eigenvalue weighted by Gasteiger charge is -2.07. The normalized spacial score (nSPS) is 10.0. The molecule has 1 aromatic heterocycles. The van der Waals surface area contributed by atoms with Crippen LogP contribution in [0.1, 0.15) is 21.6 Å². The molecule has 0 fully saturated rings. The molecule has 1 amide bonds. The average molecular weight is 319 g/mol. The number of hydrogen-bond acceptors (Lipinski definition) is 3. The van der Waals surface area contributed by atoms with Gasteiger partial charge in [0.1, 0.15) is 6.07 Å². The van der Waals surface area contributed by atoms with Crippen molar-refractivity contribution in [1.82, 2.24) is 9.78 Å². The standard InChI is InChI=1S/C13H11BrN4O/c1-8-11(7-16-18(8)2)13(19)17-12-4-3-10(14)5-9(12)6-15/h3-5,7H,1-2H3,(H,17,19). The van der Waals surface area contributed by atoms with E-state index in [0.29, 0.717) is 16.8 Å². The number of nitrogens with zero attached hydrogens (tertiary/aromatic N) is 3. The third-order valence-electron chi connectivity index (χ3n) is 2.83. The first-order chi connectivity index (χ1) is 9.02. The molecule has 2 aromatic rings. The lowest BCUT2D eigenvalue weighted by atomic mass is 10.2. The highest BCUT2D eigenvalue weighted by molar-refractivity contribution is 9.10. The lowest BCUT2D eigenvalue weighted by Crippen LogP contribution is -2.13. The highest BCUT2D eigenvalue weighted by Gasteiger charge is 2.14. The van der Waals surface area contributed by atoms with E-state index in [1.165, 1.54) is 6.20 Å². The van der Waals surface area contributed by atoms with Crippen molar-refractivity contribution in [1.29, 1.82) is 5.26 Å². The molecule has 0 bridgehead atoms. The van der Waals surface area contributed by atoms with Gasteiger partial charge in [-0.05, 0) is 25.1 Å². The van der Waals surface area contributed by atoms with Gasteiger partial charge in [0.25, 0.3) is 5.91 Å². The summed E-state index contributed by atoms with van der Waals surface area (Å²) in [6.45, 7) is 1.81. The van der Waals surface area contributed by atoms with E-state index < -0.39 is 0 Å². The molecule has 0 aliphatic heterocycles. The molecule has 5 nitrogen and oxygen atoms in total. The molecular formula is C13H11BrN4O. The molecule has 0 atom stereocenters. The van der Waals surface area contributed by atoms with Crippen LogP contribution in [-0.4, -0.2) is 15.7 Å². The van der Waals surface area contributed by atoms with Crippen molar-refractivity contribution in [2.24, 2.45) is 7.05 Å².